The van der Waals surface area contributed by atoms with Gasteiger partial charge in [0.25, 0.3) is 5.56 Å². The molecule has 2 aromatic rings. The van der Waals surface area contributed by atoms with Crippen LogP contribution in [0.1, 0.15) is 31.7 Å². The summed E-state index contributed by atoms with van der Waals surface area (Å²) >= 11 is 5.23. The predicted octanol–water partition coefficient (Wildman–Crippen LogP) is 3.31. The molecule has 0 spiro atoms. The molecule has 1 saturated carbocycles. The van der Waals surface area contributed by atoms with E-state index in [4.69, 9.17) is 12.2 Å². The van der Waals surface area contributed by atoms with Crippen molar-refractivity contribution in [3.05, 3.63) is 39.1 Å². The van der Waals surface area contributed by atoms with Crippen LogP contribution in [0.2, 0.25) is 0 Å². The molecule has 0 radical (unpaired) electrons. The first-order valence-corrected chi connectivity index (χ1v) is 6.52. The van der Waals surface area contributed by atoms with E-state index in [-0.39, 0.29) is 17.0 Å². The molecule has 0 aliphatic heterocycles. The highest BCUT2D eigenvalue weighted by Gasteiger charge is 2.21. The molecular weight excluding hydrogens is 251 g/mol. The minimum Gasteiger partial charge on any atom is -0.331 e. The molecule has 0 saturated heterocycles. The highest BCUT2D eigenvalue weighted by molar-refractivity contribution is 7.71. The van der Waals surface area contributed by atoms with Gasteiger partial charge in [-0.15, -0.1) is 0 Å². The van der Waals surface area contributed by atoms with Crippen molar-refractivity contribution in [1.29, 1.82) is 0 Å². The summed E-state index contributed by atoms with van der Waals surface area (Å²) < 4.78 is 15.7. The summed E-state index contributed by atoms with van der Waals surface area (Å²) in [7, 11) is 0. The summed E-state index contributed by atoms with van der Waals surface area (Å²) in [6, 6.07) is 4.67. The normalized spacial score (nSPS) is 16.5. The third kappa shape index (κ3) is 1.70. The van der Waals surface area contributed by atoms with Gasteiger partial charge in [-0.25, -0.2) is 4.39 Å². The summed E-state index contributed by atoms with van der Waals surface area (Å²) in [6.07, 6.45) is 4.08. The Kier molecular flexibility index (Phi) is 2.78. The van der Waals surface area contributed by atoms with E-state index in [1.165, 1.54) is 6.07 Å². The van der Waals surface area contributed by atoms with Crippen LogP contribution < -0.4 is 5.56 Å². The molecule has 0 amide bonds. The summed E-state index contributed by atoms with van der Waals surface area (Å²) in [6.45, 7) is 0. The molecule has 94 valence electrons. The van der Waals surface area contributed by atoms with Gasteiger partial charge in [-0.1, -0.05) is 18.9 Å². The number of aromatic nitrogens is 2. The second-order valence-electron chi connectivity index (χ2n) is 4.71. The molecular formula is C13H13FN2OS. The lowest BCUT2D eigenvalue weighted by molar-refractivity contribution is 0.491. The van der Waals surface area contributed by atoms with Crippen LogP contribution in [-0.2, 0) is 0 Å². The van der Waals surface area contributed by atoms with Crippen LogP contribution in [0.15, 0.2) is 23.0 Å². The van der Waals surface area contributed by atoms with Gasteiger partial charge >= 0.3 is 0 Å². The average molecular weight is 264 g/mol. The van der Waals surface area contributed by atoms with Crippen LogP contribution in [-0.4, -0.2) is 9.55 Å². The second-order valence-corrected chi connectivity index (χ2v) is 5.09. The van der Waals surface area contributed by atoms with E-state index >= 15 is 0 Å². The molecule has 1 aromatic heterocycles. The third-order valence-corrected chi connectivity index (χ3v) is 3.90. The molecule has 1 aliphatic rings. The quantitative estimate of drug-likeness (QED) is 0.802. The Labute approximate surface area is 108 Å². The van der Waals surface area contributed by atoms with Crippen LogP contribution >= 0.6 is 12.2 Å². The van der Waals surface area contributed by atoms with Crippen molar-refractivity contribution >= 4 is 23.1 Å². The van der Waals surface area contributed by atoms with Gasteiger partial charge in [-0.2, -0.15) is 0 Å². The van der Waals surface area contributed by atoms with Gasteiger partial charge in [0, 0.05) is 6.04 Å². The van der Waals surface area contributed by atoms with Crippen LogP contribution in [0.4, 0.5) is 4.39 Å². The fourth-order valence-corrected chi connectivity index (χ4v) is 3.07. The van der Waals surface area contributed by atoms with Crippen molar-refractivity contribution in [2.24, 2.45) is 0 Å². The number of rotatable bonds is 1. The zero-order valence-electron chi connectivity index (χ0n) is 9.78. The fraction of sp³-hybridized carbons (Fsp3) is 0.385. The molecule has 0 bridgehead atoms. The Morgan fingerprint density at radius 3 is 2.78 bits per heavy atom. The van der Waals surface area contributed by atoms with Crippen molar-refractivity contribution in [2.75, 3.05) is 0 Å². The van der Waals surface area contributed by atoms with Crippen LogP contribution in [0.25, 0.3) is 10.9 Å². The van der Waals surface area contributed by atoms with Crippen molar-refractivity contribution in [2.45, 2.75) is 31.7 Å². The standard InChI is InChI=1S/C13H13FN2OS/c14-9-6-3-7-10-11(9)12(17)16(13(18)15-10)8-4-1-2-5-8/h3,6-8H,1-2,4-5H2,(H,15,18). The molecule has 3 rings (SSSR count). The Bertz CT molecular complexity index is 713. The van der Waals surface area contributed by atoms with E-state index in [9.17, 15) is 9.18 Å². The number of halogens is 1. The molecule has 1 heterocycles. The Morgan fingerprint density at radius 1 is 1.33 bits per heavy atom. The lowest BCUT2D eigenvalue weighted by Crippen LogP contribution is -2.26. The minimum atomic E-state index is -0.490. The van der Waals surface area contributed by atoms with Gasteiger partial charge in [0.1, 0.15) is 5.82 Å². The van der Waals surface area contributed by atoms with E-state index in [0.29, 0.717) is 10.3 Å². The molecule has 3 nitrogen and oxygen atoms in total. The van der Waals surface area contributed by atoms with E-state index in [1.54, 1.807) is 16.7 Å². The Balaban J connectivity index is 2.36. The fourth-order valence-electron chi connectivity index (χ4n) is 2.73. The Morgan fingerprint density at radius 2 is 2.06 bits per heavy atom. The smallest absolute Gasteiger partial charge is 0.265 e. The van der Waals surface area contributed by atoms with Crippen molar-refractivity contribution in [1.82, 2.24) is 9.55 Å². The highest BCUT2D eigenvalue weighted by Crippen LogP contribution is 2.28. The second kappa shape index (κ2) is 4.31. The first kappa shape index (κ1) is 11.6. The SMILES string of the molecule is O=c1c2c(F)cccc2[nH]c(=S)n1C1CCCC1. The van der Waals surface area contributed by atoms with Gasteiger partial charge in [0.05, 0.1) is 10.9 Å². The number of fused-ring (bicyclic) bond motifs is 1. The number of benzene rings is 1. The Hall–Kier alpha value is -1.49. The maximum atomic E-state index is 13.8. The van der Waals surface area contributed by atoms with Crippen LogP contribution in [0.5, 0.6) is 0 Å². The first-order valence-electron chi connectivity index (χ1n) is 6.11. The summed E-state index contributed by atoms with van der Waals surface area (Å²) in [4.78, 5) is 15.3. The third-order valence-electron chi connectivity index (χ3n) is 3.60. The molecule has 0 atom stereocenters. The number of hydrogen-bond donors (Lipinski definition) is 1. The van der Waals surface area contributed by atoms with Crippen molar-refractivity contribution in [3.63, 3.8) is 0 Å². The van der Waals surface area contributed by atoms with Gasteiger partial charge in [-0.05, 0) is 37.2 Å². The molecule has 1 aliphatic carbocycles. The largest absolute Gasteiger partial charge is 0.331 e. The number of aromatic amines is 1. The van der Waals surface area contributed by atoms with Crippen LogP contribution in [0, 0.1) is 10.6 Å². The topological polar surface area (TPSA) is 37.8 Å². The summed E-state index contributed by atoms with van der Waals surface area (Å²) in [5.41, 5.74) is 0.165. The molecule has 1 N–H and O–H groups in total. The maximum Gasteiger partial charge on any atom is 0.265 e. The van der Waals surface area contributed by atoms with Gasteiger partial charge in [0.2, 0.25) is 0 Å². The van der Waals surface area contributed by atoms with Crippen LogP contribution in [0.3, 0.4) is 0 Å². The summed E-state index contributed by atoms with van der Waals surface area (Å²) in [5.74, 6) is -0.490. The number of hydrogen-bond acceptors (Lipinski definition) is 2. The van der Waals surface area contributed by atoms with E-state index in [2.05, 4.69) is 4.98 Å². The maximum absolute atomic E-state index is 13.8. The van der Waals surface area contributed by atoms with E-state index < -0.39 is 5.82 Å². The van der Waals surface area contributed by atoms with E-state index in [0.717, 1.165) is 25.7 Å². The highest BCUT2D eigenvalue weighted by atomic mass is 32.1. The van der Waals surface area contributed by atoms with Gasteiger partial charge in [-0.3, -0.25) is 9.36 Å². The van der Waals surface area contributed by atoms with Gasteiger partial charge in [0.15, 0.2) is 4.77 Å². The molecule has 0 unspecified atom stereocenters. The lowest BCUT2D eigenvalue weighted by atomic mass is 10.2. The average Bonchev–Trinajstić information content (AvgIpc) is 2.82. The summed E-state index contributed by atoms with van der Waals surface area (Å²) in [5, 5.41) is 0.109. The molecule has 5 heteroatoms. The minimum absolute atomic E-state index is 0.109. The predicted molar refractivity (Wildman–Crippen MR) is 70.9 cm³/mol. The number of nitrogens with one attached hydrogen (secondary N) is 1. The molecule has 1 fully saturated rings. The number of H-pyrrole nitrogens is 1. The number of nitrogens with zero attached hydrogens (tertiary/aromatic N) is 1. The van der Waals surface area contributed by atoms with Gasteiger partial charge < -0.3 is 4.98 Å². The zero-order valence-corrected chi connectivity index (χ0v) is 10.6. The zero-order chi connectivity index (χ0) is 12.7. The molecule has 18 heavy (non-hydrogen) atoms. The van der Waals surface area contributed by atoms with Crippen molar-refractivity contribution < 1.29 is 4.39 Å². The first-order chi connectivity index (χ1) is 8.68. The van der Waals surface area contributed by atoms with E-state index in [1.807, 2.05) is 0 Å². The monoisotopic (exact) mass is 264 g/mol. The molecule has 1 aromatic carbocycles. The lowest BCUT2D eigenvalue weighted by Gasteiger charge is -2.14. The van der Waals surface area contributed by atoms with Crippen molar-refractivity contribution in [3.8, 4) is 0 Å².